The number of nitrogens with one attached hydrogen (secondary N) is 2. The predicted molar refractivity (Wildman–Crippen MR) is 113 cm³/mol. The zero-order valence-electron chi connectivity index (χ0n) is 17.3. The van der Waals surface area contributed by atoms with Crippen LogP contribution in [0, 0.1) is 25.5 Å². The highest BCUT2D eigenvalue weighted by Gasteiger charge is 2.22. The molecular formula is C23H22F2N4O2. The molecule has 8 heteroatoms. The minimum atomic E-state index is -1.17. The molecule has 0 aliphatic heterocycles. The first-order valence-corrected chi connectivity index (χ1v) is 9.58. The van der Waals surface area contributed by atoms with Crippen LogP contribution in [0.25, 0.3) is 11.8 Å². The van der Waals surface area contributed by atoms with Crippen molar-refractivity contribution in [2.75, 3.05) is 7.05 Å². The molecule has 0 radical (unpaired) electrons. The highest BCUT2D eigenvalue weighted by atomic mass is 19.2. The van der Waals surface area contributed by atoms with Gasteiger partial charge in [-0.15, -0.1) is 0 Å². The third-order valence-corrected chi connectivity index (χ3v) is 4.82. The van der Waals surface area contributed by atoms with Crippen molar-refractivity contribution in [1.82, 2.24) is 20.4 Å². The molecule has 0 aliphatic carbocycles. The molecule has 0 bridgehead atoms. The zero-order valence-corrected chi connectivity index (χ0v) is 17.3. The molecular weight excluding hydrogens is 402 g/mol. The molecule has 3 rings (SSSR count). The maximum absolute atomic E-state index is 13.6. The molecule has 6 nitrogen and oxygen atoms in total. The van der Waals surface area contributed by atoms with Gasteiger partial charge >= 0.3 is 0 Å². The van der Waals surface area contributed by atoms with E-state index >= 15 is 0 Å². The molecule has 2 aromatic carbocycles. The minimum Gasteiger partial charge on any atom is -0.357 e. The van der Waals surface area contributed by atoms with Gasteiger partial charge in [0.2, 0.25) is 11.8 Å². The lowest BCUT2D eigenvalue weighted by atomic mass is 10.1. The van der Waals surface area contributed by atoms with Crippen molar-refractivity contribution in [3.05, 3.63) is 88.8 Å². The number of likely N-dealkylation sites (N-methyl/N-ethyl adjacent to an activating group) is 1. The van der Waals surface area contributed by atoms with Gasteiger partial charge in [0.25, 0.3) is 0 Å². The molecule has 0 aliphatic rings. The van der Waals surface area contributed by atoms with E-state index < -0.39 is 29.5 Å². The Morgan fingerprint density at radius 3 is 2.42 bits per heavy atom. The summed E-state index contributed by atoms with van der Waals surface area (Å²) >= 11 is 0. The van der Waals surface area contributed by atoms with E-state index in [1.165, 1.54) is 19.2 Å². The van der Waals surface area contributed by atoms with Crippen LogP contribution in [-0.4, -0.2) is 28.6 Å². The second-order valence-electron chi connectivity index (χ2n) is 6.89. The van der Waals surface area contributed by atoms with Crippen LogP contribution in [0.4, 0.5) is 8.78 Å². The summed E-state index contributed by atoms with van der Waals surface area (Å²) in [5, 5.41) is 9.45. The number of para-hydroxylation sites is 1. The normalized spacial score (nSPS) is 12.0. The fraction of sp³-hybridized carbons (Fsp3) is 0.174. The first kappa shape index (κ1) is 21.9. The van der Waals surface area contributed by atoms with Gasteiger partial charge in [-0.3, -0.25) is 9.59 Å². The average Bonchev–Trinajstić information content (AvgIpc) is 3.06. The lowest BCUT2D eigenvalue weighted by molar-refractivity contribution is -0.126. The van der Waals surface area contributed by atoms with Gasteiger partial charge in [0.05, 0.1) is 11.4 Å². The van der Waals surface area contributed by atoms with E-state index in [9.17, 15) is 18.4 Å². The lowest BCUT2D eigenvalue weighted by Crippen LogP contribution is -2.38. The summed E-state index contributed by atoms with van der Waals surface area (Å²) in [5.41, 5.74) is 3.36. The van der Waals surface area contributed by atoms with Crippen molar-refractivity contribution in [3.8, 4) is 5.69 Å². The first-order chi connectivity index (χ1) is 14.8. The molecule has 0 fully saturated rings. The highest BCUT2D eigenvalue weighted by molar-refractivity contribution is 5.96. The SMILES string of the molecule is CNC(=O)C(NC(=O)C=Cc1c(C)nn(-c2ccccc2)c1C)c1ccc(F)c(F)c1. The number of carbonyl (C=O) groups excluding carboxylic acids is 2. The number of halogens is 2. The van der Waals surface area contributed by atoms with Gasteiger partial charge in [0, 0.05) is 24.4 Å². The molecule has 3 aromatic rings. The summed E-state index contributed by atoms with van der Waals surface area (Å²) in [6.45, 7) is 3.72. The van der Waals surface area contributed by atoms with E-state index in [4.69, 9.17) is 0 Å². The van der Waals surface area contributed by atoms with Gasteiger partial charge < -0.3 is 10.6 Å². The Balaban J connectivity index is 1.82. The molecule has 160 valence electrons. The van der Waals surface area contributed by atoms with Crippen LogP contribution in [0.3, 0.4) is 0 Å². The van der Waals surface area contributed by atoms with E-state index in [0.717, 1.165) is 34.8 Å². The van der Waals surface area contributed by atoms with Crippen LogP contribution in [-0.2, 0) is 9.59 Å². The van der Waals surface area contributed by atoms with Crippen LogP contribution in [0.5, 0.6) is 0 Å². The van der Waals surface area contributed by atoms with E-state index in [2.05, 4.69) is 15.7 Å². The topological polar surface area (TPSA) is 76.0 Å². The standard InChI is InChI=1S/C23H22F2N4O2/c1-14-18(15(2)29(28-14)17-7-5-4-6-8-17)10-12-21(30)27-22(23(31)26-3)16-9-11-19(24)20(25)13-16/h4-13,22H,1-3H3,(H,26,31)(H,27,30). The number of nitrogens with zero attached hydrogens (tertiary/aromatic N) is 2. The number of hydrogen-bond acceptors (Lipinski definition) is 3. The number of aryl methyl sites for hydroxylation is 1. The molecule has 1 heterocycles. The smallest absolute Gasteiger partial charge is 0.246 e. The number of aromatic nitrogens is 2. The molecule has 1 atom stereocenters. The Bertz CT molecular complexity index is 1140. The summed E-state index contributed by atoms with van der Waals surface area (Å²) in [4.78, 5) is 24.7. The molecule has 2 N–H and O–H groups in total. The lowest BCUT2D eigenvalue weighted by Gasteiger charge is -2.17. The number of amides is 2. The second-order valence-corrected chi connectivity index (χ2v) is 6.89. The Morgan fingerprint density at radius 1 is 1.06 bits per heavy atom. The number of benzene rings is 2. The molecule has 1 aromatic heterocycles. The summed E-state index contributed by atoms with van der Waals surface area (Å²) in [7, 11) is 1.39. The average molecular weight is 424 g/mol. The number of hydrogen-bond donors (Lipinski definition) is 2. The van der Waals surface area contributed by atoms with E-state index in [-0.39, 0.29) is 5.56 Å². The highest BCUT2D eigenvalue weighted by Crippen LogP contribution is 2.20. The van der Waals surface area contributed by atoms with Gasteiger partial charge in [0.15, 0.2) is 11.6 Å². The summed E-state index contributed by atoms with van der Waals surface area (Å²) in [6, 6.07) is 11.5. The van der Waals surface area contributed by atoms with Crippen molar-refractivity contribution in [1.29, 1.82) is 0 Å². The maximum atomic E-state index is 13.6. The minimum absolute atomic E-state index is 0.129. The fourth-order valence-electron chi connectivity index (χ4n) is 3.20. The Labute approximate surface area is 178 Å². The summed E-state index contributed by atoms with van der Waals surface area (Å²) in [6.07, 6.45) is 2.89. The third-order valence-electron chi connectivity index (χ3n) is 4.82. The van der Waals surface area contributed by atoms with Crippen LogP contribution < -0.4 is 10.6 Å². The Morgan fingerprint density at radius 2 is 1.77 bits per heavy atom. The summed E-state index contributed by atoms with van der Waals surface area (Å²) < 4.78 is 28.6. The number of rotatable bonds is 6. The van der Waals surface area contributed by atoms with Crippen LogP contribution >= 0.6 is 0 Å². The Hall–Kier alpha value is -3.81. The van der Waals surface area contributed by atoms with Crippen molar-refractivity contribution in [2.45, 2.75) is 19.9 Å². The molecule has 0 saturated heterocycles. The van der Waals surface area contributed by atoms with Crippen molar-refractivity contribution in [2.24, 2.45) is 0 Å². The van der Waals surface area contributed by atoms with Gasteiger partial charge in [-0.05, 0) is 49.8 Å². The molecule has 0 spiro atoms. The van der Waals surface area contributed by atoms with Gasteiger partial charge in [-0.2, -0.15) is 5.10 Å². The fourth-order valence-corrected chi connectivity index (χ4v) is 3.20. The predicted octanol–water partition coefficient (Wildman–Crippen LogP) is 3.38. The van der Waals surface area contributed by atoms with Gasteiger partial charge in [-0.1, -0.05) is 24.3 Å². The van der Waals surface area contributed by atoms with Crippen LogP contribution in [0.2, 0.25) is 0 Å². The van der Waals surface area contributed by atoms with Crippen molar-refractivity contribution in [3.63, 3.8) is 0 Å². The third kappa shape index (κ3) is 4.85. The largest absolute Gasteiger partial charge is 0.357 e. The summed E-state index contributed by atoms with van der Waals surface area (Å²) in [5.74, 6) is -3.26. The van der Waals surface area contributed by atoms with Crippen LogP contribution in [0.1, 0.15) is 28.6 Å². The quantitative estimate of drug-likeness (QED) is 0.596. The van der Waals surface area contributed by atoms with E-state index in [0.29, 0.717) is 0 Å². The van der Waals surface area contributed by atoms with E-state index in [1.54, 1.807) is 10.8 Å². The van der Waals surface area contributed by atoms with Crippen LogP contribution in [0.15, 0.2) is 54.6 Å². The molecule has 1 unspecified atom stereocenters. The maximum Gasteiger partial charge on any atom is 0.246 e. The van der Waals surface area contributed by atoms with Gasteiger partial charge in [-0.25, -0.2) is 13.5 Å². The first-order valence-electron chi connectivity index (χ1n) is 9.58. The zero-order chi connectivity index (χ0) is 22.5. The van der Waals surface area contributed by atoms with E-state index in [1.807, 2.05) is 44.2 Å². The molecule has 0 saturated carbocycles. The number of carbonyl (C=O) groups is 2. The Kier molecular flexibility index (Phi) is 6.59. The second kappa shape index (κ2) is 9.34. The molecule has 31 heavy (non-hydrogen) atoms. The van der Waals surface area contributed by atoms with Crippen molar-refractivity contribution >= 4 is 17.9 Å². The van der Waals surface area contributed by atoms with Crippen molar-refractivity contribution < 1.29 is 18.4 Å². The van der Waals surface area contributed by atoms with Gasteiger partial charge in [0.1, 0.15) is 6.04 Å². The monoisotopic (exact) mass is 424 g/mol. The molecule has 2 amide bonds.